The van der Waals surface area contributed by atoms with Crippen molar-refractivity contribution in [2.45, 2.75) is 25.8 Å². The standard InChI is InChI=1S/C13H19ClN2O3/c1-3-15-12(9-19-2)7-5-10-4-6-11(14)8-13(10)16(17)18/h4,6,8,12,15H,3,5,7,9H2,1-2H3. The van der Waals surface area contributed by atoms with Gasteiger partial charge in [0.25, 0.3) is 5.69 Å². The minimum atomic E-state index is -0.389. The van der Waals surface area contributed by atoms with E-state index in [0.717, 1.165) is 13.0 Å². The fourth-order valence-corrected chi connectivity index (χ4v) is 2.15. The molecule has 19 heavy (non-hydrogen) atoms. The van der Waals surface area contributed by atoms with Crippen LogP contribution in [0.3, 0.4) is 0 Å². The van der Waals surface area contributed by atoms with E-state index in [0.29, 0.717) is 23.6 Å². The lowest BCUT2D eigenvalue weighted by Crippen LogP contribution is -2.33. The van der Waals surface area contributed by atoms with E-state index in [1.807, 2.05) is 6.92 Å². The van der Waals surface area contributed by atoms with Crippen LogP contribution in [0.2, 0.25) is 5.02 Å². The zero-order valence-electron chi connectivity index (χ0n) is 11.2. The van der Waals surface area contributed by atoms with E-state index >= 15 is 0 Å². The van der Waals surface area contributed by atoms with Crippen LogP contribution in [0.4, 0.5) is 5.69 Å². The Hall–Kier alpha value is -1.17. The van der Waals surface area contributed by atoms with Crippen molar-refractivity contribution in [2.24, 2.45) is 0 Å². The number of nitrogens with one attached hydrogen (secondary N) is 1. The maximum atomic E-state index is 11.0. The zero-order chi connectivity index (χ0) is 14.3. The van der Waals surface area contributed by atoms with Crippen molar-refractivity contribution in [3.05, 3.63) is 38.9 Å². The van der Waals surface area contributed by atoms with Gasteiger partial charge in [0.1, 0.15) is 0 Å². The van der Waals surface area contributed by atoms with Crippen molar-refractivity contribution in [2.75, 3.05) is 20.3 Å². The number of nitrogens with zero attached hydrogens (tertiary/aromatic N) is 1. The van der Waals surface area contributed by atoms with Crippen LogP contribution in [0, 0.1) is 10.1 Å². The van der Waals surface area contributed by atoms with Crippen molar-refractivity contribution < 1.29 is 9.66 Å². The summed E-state index contributed by atoms with van der Waals surface area (Å²) in [7, 11) is 1.65. The van der Waals surface area contributed by atoms with Gasteiger partial charge in [-0.25, -0.2) is 0 Å². The largest absolute Gasteiger partial charge is 0.383 e. The Morgan fingerprint density at radius 1 is 1.53 bits per heavy atom. The van der Waals surface area contributed by atoms with E-state index in [2.05, 4.69) is 5.32 Å². The summed E-state index contributed by atoms with van der Waals surface area (Å²) in [4.78, 5) is 10.6. The first kappa shape index (κ1) is 15.9. The highest BCUT2D eigenvalue weighted by Crippen LogP contribution is 2.24. The molecular formula is C13H19ClN2O3. The second-order valence-electron chi connectivity index (χ2n) is 4.28. The van der Waals surface area contributed by atoms with Gasteiger partial charge >= 0.3 is 0 Å². The van der Waals surface area contributed by atoms with E-state index in [-0.39, 0.29) is 16.7 Å². The molecule has 0 bridgehead atoms. The summed E-state index contributed by atoms with van der Waals surface area (Å²) in [5.74, 6) is 0. The number of rotatable bonds is 8. The molecule has 0 saturated heterocycles. The highest BCUT2D eigenvalue weighted by Gasteiger charge is 2.16. The van der Waals surface area contributed by atoms with E-state index in [9.17, 15) is 10.1 Å². The molecule has 0 radical (unpaired) electrons. The number of nitro benzene ring substituents is 1. The first-order chi connectivity index (χ1) is 9.08. The normalized spacial score (nSPS) is 12.4. The van der Waals surface area contributed by atoms with Gasteiger partial charge in [0.15, 0.2) is 0 Å². The third-order valence-electron chi connectivity index (χ3n) is 2.87. The van der Waals surface area contributed by atoms with Crippen molar-refractivity contribution in [3.8, 4) is 0 Å². The van der Waals surface area contributed by atoms with Crippen molar-refractivity contribution in [3.63, 3.8) is 0 Å². The minimum Gasteiger partial charge on any atom is -0.383 e. The summed E-state index contributed by atoms with van der Waals surface area (Å²) in [6.45, 7) is 3.46. The molecule has 1 aromatic carbocycles. The topological polar surface area (TPSA) is 64.4 Å². The van der Waals surface area contributed by atoms with Crippen LogP contribution in [-0.2, 0) is 11.2 Å². The van der Waals surface area contributed by atoms with E-state index < -0.39 is 0 Å². The molecule has 1 atom stereocenters. The molecule has 5 nitrogen and oxygen atoms in total. The molecule has 1 N–H and O–H groups in total. The Kier molecular flexibility index (Phi) is 6.77. The Balaban J connectivity index is 2.73. The van der Waals surface area contributed by atoms with Gasteiger partial charge < -0.3 is 10.1 Å². The van der Waals surface area contributed by atoms with Gasteiger partial charge in [-0.2, -0.15) is 0 Å². The predicted molar refractivity (Wildman–Crippen MR) is 75.8 cm³/mol. The first-order valence-electron chi connectivity index (χ1n) is 6.23. The lowest BCUT2D eigenvalue weighted by Gasteiger charge is -2.16. The lowest BCUT2D eigenvalue weighted by atomic mass is 10.0. The second-order valence-corrected chi connectivity index (χ2v) is 4.72. The van der Waals surface area contributed by atoms with Crippen LogP contribution in [0.15, 0.2) is 18.2 Å². The van der Waals surface area contributed by atoms with Crippen LogP contribution in [0.5, 0.6) is 0 Å². The Bertz CT molecular complexity index is 420. The monoisotopic (exact) mass is 286 g/mol. The number of hydrogen-bond acceptors (Lipinski definition) is 4. The smallest absolute Gasteiger partial charge is 0.274 e. The number of aryl methyl sites for hydroxylation is 1. The summed E-state index contributed by atoms with van der Waals surface area (Å²) < 4.78 is 5.12. The van der Waals surface area contributed by atoms with Crippen LogP contribution in [-0.4, -0.2) is 31.2 Å². The van der Waals surface area contributed by atoms with Gasteiger partial charge in [-0.3, -0.25) is 10.1 Å². The van der Waals surface area contributed by atoms with Crippen LogP contribution in [0.25, 0.3) is 0 Å². The van der Waals surface area contributed by atoms with Crippen molar-refractivity contribution >= 4 is 17.3 Å². The van der Waals surface area contributed by atoms with E-state index in [4.69, 9.17) is 16.3 Å². The molecule has 0 amide bonds. The minimum absolute atomic E-state index is 0.0835. The Morgan fingerprint density at radius 2 is 2.26 bits per heavy atom. The van der Waals surface area contributed by atoms with Gasteiger partial charge in [0.2, 0.25) is 0 Å². The molecule has 0 aliphatic carbocycles. The number of nitro groups is 1. The predicted octanol–water partition coefficient (Wildman–Crippen LogP) is 2.81. The highest BCUT2D eigenvalue weighted by molar-refractivity contribution is 6.30. The molecule has 1 unspecified atom stereocenters. The van der Waals surface area contributed by atoms with Crippen LogP contribution in [0.1, 0.15) is 18.9 Å². The van der Waals surface area contributed by atoms with Crippen LogP contribution < -0.4 is 5.32 Å². The molecule has 1 rings (SSSR count). The molecule has 0 spiro atoms. The molecule has 0 saturated carbocycles. The maximum absolute atomic E-state index is 11.0. The molecule has 0 aliphatic heterocycles. The van der Waals surface area contributed by atoms with E-state index in [1.165, 1.54) is 6.07 Å². The fraction of sp³-hybridized carbons (Fsp3) is 0.538. The first-order valence-corrected chi connectivity index (χ1v) is 6.61. The lowest BCUT2D eigenvalue weighted by molar-refractivity contribution is -0.385. The quantitative estimate of drug-likeness (QED) is 0.589. The molecular weight excluding hydrogens is 268 g/mol. The average molecular weight is 287 g/mol. The molecule has 0 heterocycles. The van der Waals surface area contributed by atoms with Crippen molar-refractivity contribution in [1.82, 2.24) is 5.32 Å². The summed E-state index contributed by atoms with van der Waals surface area (Å²) in [5, 5.41) is 14.7. The second kappa shape index (κ2) is 8.09. The molecule has 0 aromatic heterocycles. The number of benzene rings is 1. The third kappa shape index (κ3) is 5.14. The van der Waals surface area contributed by atoms with Crippen molar-refractivity contribution in [1.29, 1.82) is 0 Å². The van der Waals surface area contributed by atoms with Gasteiger partial charge in [-0.15, -0.1) is 0 Å². The molecule has 0 fully saturated rings. The van der Waals surface area contributed by atoms with Gasteiger partial charge in [0.05, 0.1) is 11.5 Å². The summed E-state index contributed by atoms with van der Waals surface area (Å²) >= 11 is 5.79. The number of likely N-dealkylation sites (N-methyl/N-ethyl adjacent to an activating group) is 1. The maximum Gasteiger partial charge on any atom is 0.274 e. The SMILES string of the molecule is CCNC(CCc1ccc(Cl)cc1[N+](=O)[O-])COC. The average Bonchev–Trinajstić information content (AvgIpc) is 2.37. The van der Waals surface area contributed by atoms with Gasteiger partial charge in [-0.1, -0.05) is 24.6 Å². The van der Waals surface area contributed by atoms with Gasteiger partial charge in [0, 0.05) is 29.8 Å². The third-order valence-corrected chi connectivity index (χ3v) is 3.10. The molecule has 0 aliphatic rings. The van der Waals surface area contributed by atoms with Gasteiger partial charge in [-0.05, 0) is 25.5 Å². The number of halogens is 1. The number of methoxy groups -OCH3 is 1. The Labute approximate surface area is 118 Å². The Morgan fingerprint density at radius 3 is 2.84 bits per heavy atom. The number of ether oxygens (including phenoxy) is 1. The molecule has 1 aromatic rings. The summed E-state index contributed by atoms with van der Waals surface area (Å²) in [6, 6.07) is 5.00. The molecule has 106 valence electrons. The fourth-order valence-electron chi connectivity index (χ4n) is 1.98. The van der Waals surface area contributed by atoms with Crippen LogP contribution >= 0.6 is 11.6 Å². The molecule has 6 heteroatoms. The zero-order valence-corrected chi connectivity index (χ0v) is 11.9. The highest BCUT2D eigenvalue weighted by atomic mass is 35.5. The summed E-state index contributed by atoms with van der Waals surface area (Å²) in [6.07, 6.45) is 1.40. The summed E-state index contributed by atoms with van der Waals surface area (Å²) in [5.41, 5.74) is 0.786. The number of hydrogen-bond donors (Lipinski definition) is 1. The van der Waals surface area contributed by atoms with E-state index in [1.54, 1.807) is 19.2 Å².